The summed E-state index contributed by atoms with van der Waals surface area (Å²) < 4.78 is 10.5. The zero-order valence-electron chi connectivity index (χ0n) is 17.7. The van der Waals surface area contributed by atoms with Crippen molar-refractivity contribution in [2.24, 2.45) is 0 Å². The standard InChI is InChI=1S/C25H24N2O4/c1-27-23(16-8-12-18(30-2)13-9-16)22(20-6-4-5-7-21(20)25(27)29)24(28)26-17-10-14-19(31-3)15-11-17/h4-15,22-23H,1-3H3,(H,26,28)/t22-,23-/m0/s1. The van der Waals surface area contributed by atoms with Gasteiger partial charge in [-0.2, -0.15) is 0 Å². The van der Waals surface area contributed by atoms with Crippen LogP contribution >= 0.6 is 0 Å². The summed E-state index contributed by atoms with van der Waals surface area (Å²) >= 11 is 0. The SMILES string of the molecule is COc1ccc(NC(=O)[C@H]2c3ccccc3C(=O)N(C)[C@H]2c2ccc(OC)cc2)cc1. The van der Waals surface area contributed by atoms with Crippen molar-refractivity contribution in [1.29, 1.82) is 0 Å². The first-order valence-corrected chi connectivity index (χ1v) is 9.98. The Morgan fingerprint density at radius 2 is 1.45 bits per heavy atom. The van der Waals surface area contributed by atoms with Crippen molar-refractivity contribution < 1.29 is 19.1 Å². The molecule has 1 N–H and O–H groups in total. The van der Waals surface area contributed by atoms with Gasteiger partial charge in [-0.3, -0.25) is 9.59 Å². The number of carbonyl (C=O) groups excluding carboxylic acids is 2. The molecule has 1 aliphatic heterocycles. The molecule has 4 rings (SSSR count). The van der Waals surface area contributed by atoms with Crippen molar-refractivity contribution in [3.63, 3.8) is 0 Å². The van der Waals surface area contributed by atoms with Gasteiger partial charge in [-0.25, -0.2) is 0 Å². The van der Waals surface area contributed by atoms with Crippen molar-refractivity contribution in [2.45, 2.75) is 12.0 Å². The van der Waals surface area contributed by atoms with Crippen LogP contribution in [0.15, 0.2) is 72.8 Å². The molecule has 0 saturated carbocycles. The van der Waals surface area contributed by atoms with Crippen LogP contribution in [0.25, 0.3) is 0 Å². The van der Waals surface area contributed by atoms with Gasteiger partial charge in [0.25, 0.3) is 5.91 Å². The molecule has 0 saturated heterocycles. The van der Waals surface area contributed by atoms with E-state index in [4.69, 9.17) is 9.47 Å². The van der Waals surface area contributed by atoms with Crippen molar-refractivity contribution >= 4 is 17.5 Å². The molecule has 0 bridgehead atoms. The summed E-state index contributed by atoms with van der Waals surface area (Å²) in [4.78, 5) is 28.3. The first-order valence-electron chi connectivity index (χ1n) is 9.98. The van der Waals surface area contributed by atoms with Crippen molar-refractivity contribution in [3.05, 3.63) is 89.5 Å². The molecule has 0 aliphatic carbocycles. The van der Waals surface area contributed by atoms with E-state index in [0.717, 1.165) is 11.1 Å². The fraction of sp³-hybridized carbons (Fsp3) is 0.200. The van der Waals surface area contributed by atoms with Crippen LogP contribution in [-0.4, -0.2) is 38.0 Å². The molecule has 0 spiro atoms. The molecule has 6 nitrogen and oxygen atoms in total. The van der Waals surface area contributed by atoms with E-state index in [1.165, 1.54) is 0 Å². The topological polar surface area (TPSA) is 67.9 Å². The lowest BCUT2D eigenvalue weighted by atomic mass is 9.79. The summed E-state index contributed by atoms with van der Waals surface area (Å²) in [5.74, 6) is 0.563. The first-order chi connectivity index (χ1) is 15.0. The maximum Gasteiger partial charge on any atom is 0.254 e. The molecule has 0 radical (unpaired) electrons. The number of anilines is 1. The molecule has 2 atom stereocenters. The second kappa shape index (κ2) is 8.52. The van der Waals surface area contributed by atoms with E-state index in [2.05, 4.69) is 5.32 Å². The summed E-state index contributed by atoms with van der Waals surface area (Å²) in [5, 5.41) is 3.00. The number of hydrogen-bond acceptors (Lipinski definition) is 4. The number of benzene rings is 3. The Hall–Kier alpha value is -3.80. The summed E-state index contributed by atoms with van der Waals surface area (Å²) in [6.45, 7) is 0. The van der Waals surface area contributed by atoms with Gasteiger partial charge in [0, 0.05) is 18.3 Å². The van der Waals surface area contributed by atoms with Gasteiger partial charge in [-0.05, 0) is 53.6 Å². The lowest BCUT2D eigenvalue weighted by Gasteiger charge is -2.39. The fourth-order valence-electron chi connectivity index (χ4n) is 4.07. The Bertz CT molecular complexity index is 1090. The van der Waals surface area contributed by atoms with Gasteiger partial charge in [-0.1, -0.05) is 30.3 Å². The predicted molar refractivity (Wildman–Crippen MR) is 119 cm³/mol. The molecular formula is C25H24N2O4. The average Bonchev–Trinajstić information content (AvgIpc) is 2.81. The van der Waals surface area contributed by atoms with E-state index in [1.54, 1.807) is 56.5 Å². The van der Waals surface area contributed by atoms with Crippen LogP contribution in [0.3, 0.4) is 0 Å². The molecule has 1 heterocycles. The normalized spacial score (nSPS) is 17.6. The van der Waals surface area contributed by atoms with Gasteiger partial charge in [0.2, 0.25) is 5.91 Å². The Kier molecular flexibility index (Phi) is 5.62. The highest BCUT2D eigenvalue weighted by molar-refractivity contribution is 6.04. The zero-order chi connectivity index (χ0) is 22.0. The Labute approximate surface area is 181 Å². The Morgan fingerprint density at radius 1 is 0.871 bits per heavy atom. The number of rotatable bonds is 5. The van der Waals surface area contributed by atoms with Crippen LogP contribution in [0.5, 0.6) is 11.5 Å². The molecule has 3 aromatic rings. The largest absolute Gasteiger partial charge is 0.497 e. The lowest BCUT2D eigenvalue weighted by molar-refractivity contribution is -0.119. The summed E-state index contributed by atoms with van der Waals surface area (Å²) in [7, 11) is 4.94. The Morgan fingerprint density at radius 3 is 2.06 bits per heavy atom. The van der Waals surface area contributed by atoms with Crippen LogP contribution in [0, 0.1) is 0 Å². The first kappa shape index (κ1) is 20.5. The number of nitrogens with zero attached hydrogens (tertiary/aromatic N) is 1. The molecule has 1 aliphatic rings. The molecule has 2 amide bonds. The van der Waals surface area contributed by atoms with Crippen LogP contribution in [0.2, 0.25) is 0 Å². The second-order valence-corrected chi connectivity index (χ2v) is 7.42. The number of amides is 2. The van der Waals surface area contributed by atoms with Crippen LogP contribution in [-0.2, 0) is 4.79 Å². The number of methoxy groups -OCH3 is 2. The van der Waals surface area contributed by atoms with E-state index in [-0.39, 0.29) is 11.8 Å². The third-order valence-electron chi connectivity index (χ3n) is 5.68. The van der Waals surface area contributed by atoms with Gasteiger partial charge in [0.1, 0.15) is 11.5 Å². The number of carbonyl (C=O) groups is 2. The fourth-order valence-corrected chi connectivity index (χ4v) is 4.07. The minimum absolute atomic E-state index is 0.107. The van der Waals surface area contributed by atoms with Gasteiger partial charge in [-0.15, -0.1) is 0 Å². The van der Waals surface area contributed by atoms with Crippen molar-refractivity contribution in [1.82, 2.24) is 4.90 Å². The molecular weight excluding hydrogens is 392 g/mol. The highest BCUT2D eigenvalue weighted by Crippen LogP contribution is 2.42. The van der Waals surface area contributed by atoms with Gasteiger partial charge < -0.3 is 19.7 Å². The smallest absolute Gasteiger partial charge is 0.254 e. The number of fused-ring (bicyclic) bond motifs is 1. The Balaban J connectivity index is 1.75. The van der Waals surface area contributed by atoms with Crippen LogP contribution in [0.4, 0.5) is 5.69 Å². The van der Waals surface area contributed by atoms with Crippen molar-refractivity contribution in [2.75, 3.05) is 26.6 Å². The average molecular weight is 416 g/mol. The predicted octanol–water partition coefficient (Wildman–Crippen LogP) is 4.25. The number of hydrogen-bond donors (Lipinski definition) is 1. The van der Waals surface area contributed by atoms with E-state index in [1.807, 2.05) is 42.5 Å². The number of nitrogens with one attached hydrogen (secondary N) is 1. The zero-order valence-corrected chi connectivity index (χ0v) is 17.7. The van der Waals surface area contributed by atoms with Gasteiger partial charge >= 0.3 is 0 Å². The van der Waals surface area contributed by atoms with Crippen molar-refractivity contribution in [3.8, 4) is 11.5 Å². The number of likely N-dealkylation sites (N-methyl/N-ethyl adjacent to an activating group) is 1. The minimum atomic E-state index is -0.575. The van der Waals surface area contributed by atoms with E-state index in [9.17, 15) is 9.59 Å². The van der Waals surface area contributed by atoms with Crippen LogP contribution < -0.4 is 14.8 Å². The molecule has 6 heteroatoms. The summed E-state index contributed by atoms with van der Waals surface area (Å²) in [5.41, 5.74) is 2.79. The monoisotopic (exact) mass is 416 g/mol. The molecule has 0 unspecified atom stereocenters. The van der Waals surface area contributed by atoms with E-state index < -0.39 is 12.0 Å². The highest BCUT2D eigenvalue weighted by Gasteiger charge is 2.42. The van der Waals surface area contributed by atoms with Gasteiger partial charge in [0.15, 0.2) is 0 Å². The quantitative estimate of drug-likeness (QED) is 0.675. The third-order valence-corrected chi connectivity index (χ3v) is 5.68. The summed E-state index contributed by atoms with van der Waals surface area (Å²) in [6.07, 6.45) is 0. The summed E-state index contributed by atoms with van der Waals surface area (Å²) in [6, 6.07) is 21.5. The molecule has 3 aromatic carbocycles. The van der Waals surface area contributed by atoms with E-state index >= 15 is 0 Å². The molecule has 0 fully saturated rings. The maximum atomic E-state index is 13.5. The number of ether oxygens (including phenoxy) is 2. The minimum Gasteiger partial charge on any atom is -0.497 e. The maximum absolute atomic E-state index is 13.5. The second-order valence-electron chi connectivity index (χ2n) is 7.42. The van der Waals surface area contributed by atoms with Gasteiger partial charge in [0.05, 0.1) is 26.2 Å². The lowest BCUT2D eigenvalue weighted by Crippen LogP contribution is -2.44. The molecule has 31 heavy (non-hydrogen) atoms. The molecule has 0 aromatic heterocycles. The van der Waals surface area contributed by atoms with E-state index in [0.29, 0.717) is 22.7 Å². The van der Waals surface area contributed by atoms with Crippen LogP contribution in [0.1, 0.15) is 33.4 Å². The highest BCUT2D eigenvalue weighted by atomic mass is 16.5. The third kappa shape index (κ3) is 3.84. The molecule has 158 valence electrons.